The van der Waals surface area contributed by atoms with Crippen molar-refractivity contribution in [3.05, 3.63) is 65.7 Å². The number of carbonyl (C=O) groups excluding carboxylic acids is 2. The van der Waals surface area contributed by atoms with Crippen LogP contribution >= 0.6 is 0 Å². The van der Waals surface area contributed by atoms with Crippen molar-refractivity contribution >= 4 is 11.9 Å². The molecule has 27 heavy (non-hydrogen) atoms. The van der Waals surface area contributed by atoms with E-state index in [-0.39, 0.29) is 29.9 Å². The van der Waals surface area contributed by atoms with Gasteiger partial charge in [0.05, 0.1) is 19.2 Å². The Kier molecular flexibility index (Phi) is 4.81. The third kappa shape index (κ3) is 3.28. The number of nitrogens with zero attached hydrogens (tertiary/aromatic N) is 1. The van der Waals surface area contributed by atoms with Crippen LogP contribution < -0.4 is 15.4 Å². The molecule has 2 aromatic carbocycles. The van der Waals surface area contributed by atoms with Gasteiger partial charge >= 0.3 is 6.03 Å². The second kappa shape index (κ2) is 7.40. The van der Waals surface area contributed by atoms with Gasteiger partial charge in [-0.25, -0.2) is 4.79 Å². The van der Waals surface area contributed by atoms with Crippen molar-refractivity contribution < 1.29 is 14.3 Å². The van der Waals surface area contributed by atoms with Gasteiger partial charge in [-0.2, -0.15) is 0 Å². The van der Waals surface area contributed by atoms with Gasteiger partial charge < -0.3 is 9.64 Å². The summed E-state index contributed by atoms with van der Waals surface area (Å²) < 4.78 is 5.52. The third-order valence-electron chi connectivity index (χ3n) is 5.45. The van der Waals surface area contributed by atoms with E-state index in [9.17, 15) is 9.59 Å². The van der Waals surface area contributed by atoms with Crippen LogP contribution in [0.2, 0.25) is 0 Å². The van der Waals surface area contributed by atoms with Crippen LogP contribution in [0.1, 0.15) is 23.5 Å². The van der Waals surface area contributed by atoms with Crippen LogP contribution in [-0.4, -0.2) is 36.7 Å². The number of ether oxygens (including phenoxy) is 1. The van der Waals surface area contributed by atoms with Gasteiger partial charge in [0, 0.05) is 12.5 Å². The van der Waals surface area contributed by atoms with Crippen molar-refractivity contribution in [1.29, 1.82) is 0 Å². The fourth-order valence-electron chi connectivity index (χ4n) is 4.20. The molecule has 4 rings (SSSR count). The third-order valence-corrected chi connectivity index (χ3v) is 5.45. The number of rotatable bonds is 4. The van der Waals surface area contributed by atoms with Gasteiger partial charge in [-0.05, 0) is 30.2 Å². The first-order chi connectivity index (χ1) is 13.2. The maximum atomic E-state index is 12.8. The molecule has 2 N–H and O–H groups in total. The fraction of sp³-hybridized carbons (Fsp3) is 0.333. The van der Waals surface area contributed by atoms with Crippen molar-refractivity contribution in [1.82, 2.24) is 15.5 Å². The van der Waals surface area contributed by atoms with E-state index in [4.69, 9.17) is 4.74 Å². The number of methoxy groups -OCH3 is 1. The number of fused-ring (bicyclic) bond motifs is 1. The minimum atomic E-state index is -0.364. The van der Waals surface area contributed by atoms with Crippen molar-refractivity contribution in [3.63, 3.8) is 0 Å². The van der Waals surface area contributed by atoms with Crippen molar-refractivity contribution in [2.45, 2.75) is 25.0 Å². The summed E-state index contributed by atoms with van der Waals surface area (Å²) >= 11 is 0. The number of benzene rings is 2. The van der Waals surface area contributed by atoms with E-state index in [1.54, 1.807) is 12.0 Å². The molecule has 2 aliphatic heterocycles. The van der Waals surface area contributed by atoms with Crippen LogP contribution in [0.25, 0.3) is 0 Å². The summed E-state index contributed by atoms with van der Waals surface area (Å²) in [5.41, 5.74) is 2.04. The predicted molar refractivity (Wildman–Crippen MR) is 101 cm³/mol. The molecule has 2 fully saturated rings. The van der Waals surface area contributed by atoms with Crippen LogP contribution in [0.5, 0.6) is 5.75 Å². The largest absolute Gasteiger partial charge is 0.496 e. The van der Waals surface area contributed by atoms with E-state index < -0.39 is 0 Å². The van der Waals surface area contributed by atoms with Crippen LogP contribution in [0.3, 0.4) is 0 Å². The van der Waals surface area contributed by atoms with Gasteiger partial charge in [-0.3, -0.25) is 15.4 Å². The summed E-state index contributed by atoms with van der Waals surface area (Å²) in [5.74, 6) is 0.176. The van der Waals surface area contributed by atoms with Crippen molar-refractivity contribution in [2.24, 2.45) is 5.92 Å². The van der Waals surface area contributed by atoms with Gasteiger partial charge in [-0.1, -0.05) is 48.5 Å². The molecule has 2 saturated heterocycles. The van der Waals surface area contributed by atoms with E-state index in [1.807, 2.05) is 54.6 Å². The maximum absolute atomic E-state index is 12.8. The Bertz CT molecular complexity index is 840. The van der Waals surface area contributed by atoms with Gasteiger partial charge in [0.25, 0.3) is 0 Å². The Balaban J connectivity index is 1.67. The highest BCUT2D eigenvalue weighted by Gasteiger charge is 2.48. The number of piperidine rings is 1. The lowest BCUT2D eigenvalue weighted by molar-refractivity contribution is -0.131. The average molecular weight is 365 g/mol. The molecule has 0 spiro atoms. The van der Waals surface area contributed by atoms with E-state index >= 15 is 0 Å². The summed E-state index contributed by atoms with van der Waals surface area (Å²) in [6.07, 6.45) is 0.470. The van der Waals surface area contributed by atoms with E-state index in [1.165, 1.54) is 0 Å². The number of imide groups is 1. The van der Waals surface area contributed by atoms with E-state index in [0.717, 1.165) is 29.8 Å². The number of nitrogens with one attached hydrogen (secondary N) is 2. The molecule has 0 radical (unpaired) electrons. The number of amides is 3. The molecule has 6 heteroatoms. The summed E-state index contributed by atoms with van der Waals surface area (Å²) in [7, 11) is 1.64. The molecule has 2 aliphatic rings. The van der Waals surface area contributed by atoms with Crippen molar-refractivity contribution in [2.75, 3.05) is 13.7 Å². The van der Waals surface area contributed by atoms with E-state index in [2.05, 4.69) is 10.6 Å². The molecular formula is C21H23N3O3. The summed E-state index contributed by atoms with van der Waals surface area (Å²) in [4.78, 5) is 27.1. The average Bonchev–Trinajstić information content (AvgIpc) is 2.71. The summed E-state index contributed by atoms with van der Waals surface area (Å²) in [5, 5.41) is 5.95. The molecule has 140 valence electrons. The number of para-hydroxylation sites is 1. The van der Waals surface area contributed by atoms with Crippen LogP contribution in [-0.2, 0) is 11.3 Å². The number of carbonyl (C=O) groups is 2. The number of hydrogen-bond acceptors (Lipinski definition) is 4. The molecular weight excluding hydrogens is 342 g/mol. The molecule has 0 aliphatic carbocycles. The summed E-state index contributed by atoms with van der Waals surface area (Å²) in [6, 6.07) is 17.3. The Morgan fingerprint density at radius 3 is 2.59 bits per heavy atom. The Hall–Kier alpha value is -2.86. The van der Waals surface area contributed by atoms with Crippen LogP contribution in [0, 0.1) is 5.92 Å². The first-order valence-electron chi connectivity index (χ1n) is 9.20. The van der Waals surface area contributed by atoms with Gasteiger partial charge in [0.15, 0.2) is 0 Å². The standard InChI is InChI=1S/C21H23N3O3/c1-27-17-10-6-5-9-15(17)16-11-12-22-19-18(16)20(25)23-21(26)24(19)13-14-7-3-2-4-8-14/h2-10,16,18-19,22H,11-13H2,1H3,(H,23,25,26). The molecule has 3 unspecified atom stereocenters. The first-order valence-corrected chi connectivity index (χ1v) is 9.20. The van der Waals surface area contributed by atoms with Gasteiger partial charge in [0.2, 0.25) is 5.91 Å². The topological polar surface area (TPSA) is 70.7 Å². The first kappa shape index (κ1) is 17.5. The van der Waals surface area contributed by atoms with Crippen molar-refractivity contribution in [3.8, 4) is 5.75 Å². The zero-order valence-corrected chi connectivity index (χ0v) is 15.2. The second-order valence-corrected chi connectivity index (χ2v) is 6.97. The smallest absolute Gasteiger partial charge is 0.325 e. The predicted octanol–water partition coefficient (Wildman–Crippen LogP) is 2.47. The monoisotopic (exact) mass is 365 g/mol. The SMILES string of the molecule is COc1ccccc1C1CCNC2C1C(=O)NC(=O)N2Cc1ccccc1. The minimum absolute atomic E-state index is 0.0150. The zero-order chi connectivity index (χ0) is 18.8. The lowest BCUT2D eigenvalue weighted by atomic mass is 9.77. The van der Waals surface area contributed by atoms with E-state index in [0.29, 0.717) is 6.54 Å². The number of urea groups is 1. The highest BCUT2D eigenvalue weighted by atomic mass is 16.5. The minimum Gasteiger partial charge on any atom is -0.496 e. The molecule has 0 bridgehead atoms. The second-order valence-electron chi connectivity index (χ2n) is 6.97. The van der Waals surface area contributed by atoms with Crippen LogP contribution in [0.15, 0.2) is 54.6 Å². The quantitative estimate of drug-likeness (QED) is 0.873. The lowest BCUT2D eigenvalue weighted by Gasteiger charge is -2.47. The molecule has 3 atom stereocenters. The Labute approximate surface area is 158 Å². The molecule has 6 nitrogen and oxygen atoms in total. The Morgan fingerprint density at radius 2 is 1.81 bits per heavy atom. The molecule has 2 heterocycles. The van der Waals surface area contributed by atoms with Gasteiger partial charge in [0.1, 0.15) is 5.75 Å². The zero-order valence-electron chi connectivity index (χ0n) is 15.2. The summed E-state index contributed by atoms with van der Waals surface area (Å²) in [6.45, 7) is 1.18. The van der Waals surface area contributed by atoms with Gasteiger partial charge in [-0.15, -0.1) is 0 Å². The fourth-order valence-corrected chi connectivity index (χ4v) is 4.20. The Morgan fingerprint density at radius 1 is 1.07 bits per heavy atom. The van der Waals surface area contributed by atoms with Crippen LogP contribution in [0.4, 0.5) is 4.79 Å². The maximum Gasteiger partial charge on any atom is 0.325 e. The molecule has 2 aromatic rings. The highest BCUT2D eigenvalue weighted by Crippen LogP contribution is 2.40. The highest BCUT2D eigenvalue weighted by molar-refractivity contribution is 5.99. The molecule has 0 aromatic heterocycles. The molecule has 0 saturated carbocycles. The normalized spacial score (nSPS) is 24.9. The lowest BCUT2D eigenvalue weighted by Crippen LogP contribution is -2.67. The number of hydrogen-bond donors (Lipinski definition) is 2. The molecule has 3 amide bonds.